The maximum atomic E-state index is 4.05. The van der Waals surface area contributed by atoms with Crippen LogP contribution in [-0.2, 0) is 0 Å². The van der Waals surface area contributed by atoms with Crippen LogP contribution in [0.4, 0.5) is 5.69 Å². The predicted octanol–water partition coefficient (Wildman–Crippen LogP) is 1.59. The van der Waals surface area contributed by atoms with E-state index in [2.05, 4.69) is 15.6 Å². The molecule has 0 amide bonds. The molecule has 0 radical (unpaired) electrons. The number of anilines is 1. The minimum absolute atomic E-state index is 0.727. The Kier molecular flexibility index (Phi) is 4.29. The van der Waals surface area contributed by atoms with Gasteiger partial charge in [-0.1, -0.05) is 0 Å². The van der Waals surface area contributed by atoms with Gasteiger partial charge in [0.2, 0.25) is 0 Å². The van der Waals surface area contributed by atoms with E-state index in [9.17, 15) is 0 Å². The third-order valence-electron chi connectivity index (χ3n) is 2.48. The highest BCUT2D eigenvalue weighted by atomic mass is 32.2. The summed E-state index contributed by atoms with van der Waals surface area (Å²) in [4.78, 5) is 4.05. The lowest BCUT2D eigenvalue weighted by Gasteiger charge is -2.11. The molecule has 82 valence electrons. The second-order valence-corrected chi connectivity index (χ2v) is 4.83. The van der Waals surface area contributed by atoms with Crippen molar-refractivity contribution in [1.82, 2.24) is 10.3 Å². The molecule has 4 heteroatoms. The van der Waals surface area contributed by atoms with Crippen LogP contribution in [0.25, 0.3) is 0 Å². The summed E-state index contributed by atoms with van der Waals surface area (Å²) < 4.78 is 0. The minimum atomic E-state index is 0.727. The number of pyridine rings is 1. The van der Waals surface area contributed by atoms with Gasteiger partial charge in [0.1, 0.15) is 0 Å². The van der Waals surface area contributed by atoms with Crippen LogP contribution < -0.4 is 10.6 Å². The van der Waals surface area contributed by atoms with Gasteiger partial charge in [-0.2, -0.15) is 11.8 Å². The van der Waals surface area contributed by atoms with Crippen LogP contribution in [0.3, 0.4) is 0 Å². The zero-order valence-electron chi connectivity index (χ0n) is 8.78. The lowest BCUT2D eigenvalue weighted by Crippen LogP contribution is -2.32. The summed E-state index contributed by atoms with van der Waals surface area (Å²) in [5.41, 5.74) is 1.10. The molecule has 1 atom stereocenters. The summed E-state index contributed by atoms with van der Waals surface area (Å²) in [5, 5.41) is 6.88. The van der Waals surface area contributed by atoms with E-state index >= 15 is 0 Å². The highest BCUT2D eigenvalue weighted by Crippen LogP contribution is 2.16. The van der Waals surface area contributed by atoms with Crippen LogP contribution in [0.1, 0.15) is 6.42 Å². The molecule has 3 nitrogen and oxygen atoms in total. The zero-order chi connectivity index (χ0) is 10.3. The summed E-state index contributed by atoms with van der Waals surface area (Å²) in [6, 6.07) is 4.72. The average Bonchev–Trinajstić information content (AvgIpc) is 2.79. The molecule has 1 aliphatic heterocycles. The van der Waals surface area contributed by atoms with E-state index in [1.165, 1.54) is 17.9 Å². The Hall–Kier alpha value is -0.740. The molecule has 2 rings (SSSR count). The van der Waals surface area contributed by atoms with Gasteiger partial charge in [-0.3, -0.25) is 4.98 Å². The average molecular weight is 223 g/mol. The van der Waals surface area contributed by atoms with E-state index in [1.807, 2.05) is 30.1 Å². The fourth-order valence-electron chi connectivity index (χ4n) is 1.65. The summed E-state index contributed by atoms with van der Waals surface area (Å²) in [7, 11) is 0. The van der Waals surface area contributed by atoms with Gasteiger partial charge in [0, 0.05) is 37.3 Å². The lowest BCUT2D eigenvalue weighted by molar-refractivity contribution is 0.570. The van der Waals surface area contributed by atoms with Crippen molar-refractivity contribution in [2.75, 3.05) is 29.9 Å². The predicted molar refractivity (Wildman–Crippen MR) is 66.5 cm³/mol. The van der Waals surface area contributed by atoms with Crippen molar-refractivity contribution in [3.63, 3.8) is 0 Å². The molecule has 1 unspecified atom stereocenters. The molecule has 2 heterocycles. The summed E-state index contributed by atoms with van der Waals surface area (Å²) in [6.07, 6.45) is 4.96. The Morgan fingerprint density at radius 2 is 2.47 bits per heavy atom. The quantitative estimate of drug-likeness (QED) is 0.743. The minimum Gasteiger partial charge on any atom is -0.383 e. The number of thioether (sulfide) groups is 1. The largest absolute Gasteiger partial charge is 0.383 e. The fourth-order valence-corrected chi connectivity index (χ4v) is 2.83. The van der Waals surface area contributed by atoms with E-state index in [-0.39, 0.29) is 0 Å². The number of hydrogen-bond donors (Lipinski definition) is 2. The highest BCUT2D eigenvalue weighted by Gasteiger charge is 2.13. The standard InChI is InChI=1S/C11H17N3S/c1-2-10(8-12-4-1)13-5-6-14-11-3-7-15-9-11/h1-2,4,8,11,13-14H,3,5-7,9H2. The van der Waals surface area contributed by atoms with Crippen LogP contribution >= 0.6 is 11.8 Å². The topological polar surface area (TPSA) is 37.0 Å². The van der Waals surface area contributed by atoms with Crippen LogP contribution in [0.2, 0.25) is 0 Å². The summed E-state index contributed by atoms with van der Waals surface area (Å²) >= 11 is 2.04. The first kappa shape index (κ1) is 10.8. The van der Waals surface area contributed by atoms with Crippen LogP contribution in [0.15, 0.2) is 24.5 Å². The van der Waals surface area contributed by atoms with E-state index < -0.39 is 0 Å². The van der Waals surface area contributed by atoms with Gasteiger partial charge in [0.05, 0.1) is 5.69 Å². The Morgan fingerprint density at radius 1 is 1.47 bits per heavy atom. The summed E-state index contributed by atoms with van der Waals surface area (Å²) in [6.45, 7) is 1.99. The Bertz CT molecular complexity index is 272. The summed E-state index contributed by atoms with van der Waals surface area (Å²) in [5.74, 6) is 2.58. The molecule has 1 saturated heterocycles. The number of rotatable bonds is 5. The third-order valence-corrected chi connectivity index (χ3v) is 3.64. The van der Waals surface area contributed by atoms with Crippen molar-refractivity contribution < 1.29 is 0 Å². The molecule has 0 spiro atoms. The molecule has 1 aromatic rings. The van der Waals surface area contributed by atoms with Crippen molar-refractivity contribution in [1.29, 1.82) is 0 Å². The van der Waals surface area contributed by atoms with Gasteiger partial charge in [-0.05, 0) is 24.3 Å². The van der Waals surface area contributed by atoms with Gasteiger partial charge in [0.15, 0.2) is 0 Å². The Balaban J connectivity index is 1.59. The van der Waals surface area contributed by atoms with Crippen molar-refractivity contribution >= 4 is 17.4 Å². The first-order chi connectivity index (χ1) is 7.45. The van der Waals surface area contributed by atoms with Gasteiger partial charge in [0.25, 0.3) is 0 Å². The van der Waals surface area contributed by atoms with Gasteiger partial charge in [-0.25, -0.2) is 0 Å². The number of nitrogens with one attached hydrogen (secondary N) is 2. The van der Waals surface area contributed by atoms with Gasteiger partial charge < -0.3 is 10.6 Å². The van der Waals surface area contributed by atoms with Crippen molar-refractivity contribution in [3.05, 3.63) is 24.5 Å². The van der Waals surface area contributed by atoms with E-state index in [4.69, 9.17) is 0 Å². The molecule has 0 aromatic carbocycles. The van der Waals surface area contributed by atoms with E-state index in [0.29, 0.717) is 0 Å². The highest BCUT2D eigenvalue weighted by molar-refractivity contribution is 7.99. The Labute approximate surface area is 95.1 Å². The Morgan fingerprint density at radius 3 is 3.20 bits per heavy atom. The third kappa shape index (κ3) is 3.72. The van der Waals surface area contributed by atoms with E-state index in [1.54, 1.807) is 6.20 Å². The monoisotopic (exact) mass is 223 g/mol. The number of nitrogens with zero attached hydrogens (tertiary/aromatic N) is 1. The number of aromatic nitrogens is 1. The molecule has 1 fully saturated rings. The maximum Gasteiger partial charge on any atom is 0.0527 e. The van der Waals surface area contributed by atoms with Gasteiger partial charge >= 0.3 is 0 Å². The smallest absolute Gasteiger partial charge is 0.0527 e. The van der Waals surface area contributed by atoms with Crippen molar-refractivity contribution in [3.8, 4) is 0 Å². The fraction of sp³-hybridized carbons (Fsp3) is 0.545. The molecule has 0 aliphatic carbocycles. The second-order valence-electron chi connectivity index (χ2n) is 3.68. The SMILES string of the molecule is c1cncc(NCCNC2CCSC2)c1. The molecule has 1 aromatic heterocycles. The second kappa shape index (κ2) is 5.98. The maximum absolute atomic E-state index is 4.05. The number of hydrogen-bond acceptors (Lipinski definition) is 4. The normalized spacial score (nSPS) is 20.4. The molecular formula is C11H17N3S. The van der Waals surface area contributed by atoms with Crippen molar-refractivity contribution in [2.24, 2.45) is 0 Å². The van der Waals surface area contributed by atoms with Crippen LogP contribution in [-0.4, -0.2) is 35.6 Å². The molecule has 1 aliphatic rings. The van der Waals surface area contributed by atoms with Crippen LogP contribution in [0, 0.1) is 0 Å². The molecular weight excluding hydrogens is 206 g/mol. The molecule has 0 bridgehead atoms. The van der Waals surface area contributed by atoms with Crippen molar-refractivity contribution in [2.45, 2.75) is 12.5 Å². The van der Waals surface area contributed by atoms with E-state index in [0.717, 1.165) is 24.8 Å². The molecule has 0 saturated carbocycles. The first-order valence-electron chi connectivity index (χ1n) is 5.40. The van der Waals surface area contributed by atoms with Gasteiger partial charge in [-0.15, -0.1) is 0 Å². The lowest BCUT2D eigenvalue weighted by atomic mass is 10.2. The molecule has 15 heavy (non-hydrogen) atoms. The molecule has 2 N–H and O–H groups in total. The van der Waals surface area contributed by atoms with Crippen LogP contribution in [0.5, 0.6) is 0 Å². The first-order valence-corrected chi connectivity index (χ1v) is 6.55. The zero-order valence-corrected chi connectivity index (χ0v) is 9.59.